The van der Waals surface area contributed by atoms with Gasteiger partial charge in [0.1, 0.15) is 0 Å². The van der Waals surface area contributed by atoms with Crippen molar-refractivity contribution in [2.45, 2.75) is 40.0 Å². The Morgan fingerprint density at radius 2 is 1.48 bits per heavy atom. The van der Waals surface area contributed by atoms with Gasteiger partial charge in [-0.2, -0.15) is 0 Å². The van der Waals surface area contributed by atoms with Gasteiger partial charge in [0, 0.05) is 25.1 Å². The smallest absolute Gasteiger partial charge is 0.287 e. The number of amides is 1. The lowest BCUT2D eigenvalue weighted by atomic mass is 10.0. The average molecular weight is 361 g/mol. The number of nitrogens with zero attached hydrogens (tertiary/aromatic N) is 1. The Morgan fingerprint density at radius 3 is 2.04 bits per heavy atom. The van der Waals surface area contributed by atoms with Crippen LogP contribution >= 0.6 is 0 Å². The fraction of sp³-hybridized carbons (Fsp3) is 0.304. The number of aryl methyl sites for hydroxylation is 2. The maximum atomic E-state index is 12.4. The molecule has 140 valence electrons. The Balaban J connectivity index is 1.87. The van der Waals surface area contributed by atoms with Gasteiger partial charge in [0.25, 0.3) is 5.91 Å². The number of carbonyl (C=O) groups excluding carboxylic acids is 1. The molecule has 4 nitrogen and oxygen atoms in total. The Bertz CT molecular complexity index is 827. The normalized spacial score (nSPS) is 10.8. The van der Waals surface area contributed by atoms with Gasteiger partial charge in [0.2, 0.25) is 0 Å². The van der Waals surface area contributed by atoms with E-state index in [1.54, 1.807) is 0 Å². The van der Waals surface area contributed by atoms with E-state index in [1.807, 2.05) is 6.92 Å². The van der Waals surface area contributed by atoms with E-state index < -0.39 is 0 Å². The van der Waals surface area contributed by atoms with Crippen LogP contribution in [0.1, 0.15) is 57.6 Å². The Hall–Kier alpha value is -2.88. The van der Waals surface area contributed by atoms with Crippen molar-refractivity contribution in [3.05, 3.63) is 88.0 Å². The van der Waals surface area contributed by atoms with Crippen molar-refractivity contribution in [2.24, 2.45) is 0 Å². The van der Waals surface area contributed by atoms with E-state index in [2.05, 4.69) is 77.7 Å². The van der Waals surface area contributed by atoms with Crippen LogP contribution in [0.5, 0.6) is 0 Å². The minimum absolute atomic E-state index is 0.142. The van der Waals surface area contributed by atoms with Crippen LogP contribution in [-0.4, -0.2) is 22.4 Å². The minimum Gasteiger partial charge on any atom is -0.349 e. The Morgan fingerprint density at radius 1 is 0.926 bits per heavy atom. The van der Waals surface area contributed by atoms with Crippen LogP contribution in [0, 0.1) is 13.8 Å². The molecule has 0 radical (unpaired) electrons. The molecular weight excluding hydrogens is 334 g/mol. The van der Waals surface area contributed by atoms with E-state index in [4.69, 9.17) is 0 Å². The summed E-state index contributed by atoms with van der Waals surface area (Å²) < 4.78 is 0. The van der Waals surface area contributed by atoms with Gasteiger partial charge in [-0.25, -0.2) is 4.98 Å². The van der Waals surface area contributed by atoms with Crippen LogP contribution in [0.4, 0.5) is 0 Å². The highest BCUT2D eigenvalue weighted by atomic mass is 16.2. The average Bonchev–Trinajstić information content (AvgIpc) is 3.06. The van der Waals surface area contributed by atoms with Crippen molar-refractivity contribution in [2.75, 3.05) is 6.54 Å². The fourth-order valence-corrected chi connectivity index (χ4v) is 2.98. The first kappa shape index (κ1) is 18.9. The molecular formula is C23H27N3O. The van der Waals surface area contributed by atoms with Crippen LogP contribution < -0.4 is 5.32 Å². The molecule has 0 aliphatic carbocycles. The summed E-state index contributed by atoms with van der Waals surface area (Å²) in [7, 11) is 0. The van der Waals surface area contributed by atoms with Crippen LogP contribution in [-0.2, 0) is 12.8 Å². The largest absolute Gasteiger partial charge is 0.349 e. The van der Waals surface area contributed by atoms with Crippen molar-refractivity contribution in [3.63, 3.8) is 0 Å². The molecule has 1 aromatic heterocycles. The monoisotopic (exact) mass is 361 g/mol. The molecule has 0 saturated heterocycles. The second-order valence-electron chi connectivity index (χ2n) is 7.09. The van der Waals surface area contributed by atoms with E-state index in [1.165, 1.54) is 22.3 Å². The summed E-state index contributed by atoms with van der Waals surface area (Å²) in [4.78, 5) is 20.2. The van der Waals surface area contributed by atoms with Crippen LogP contribution in [0.2, 0.25) is 0 Å². The highest BCUT2D eigenvalue weighted by Crippen LogP contribution is 2.17. The quantitative estimate of drug-likeness (QED) is 0.657. The number of nitrogens with one attached hydrogen (secondary N) is 2. The second kappa shape index (κ2) is 8.67. The molecule has 0 aliphatic rings. The van der Waals surface area contributed by atoms with Crippen molar-refractivity contribution < 1.29 is 4.79 Å². The summed E-state index contributed by atoms with van der Waals surface area (Å²) in [6.45, 7) is 6.85. The number of hydrogen-bond acceptors (Lipinski definition) is 2. The lowest BCUT2D eigenvalue weighted by Crippen LogP contribution is -2.25. The summed E-state index contributed by atoms with van der Waals surface area (Å²) in [5, 5.41) is 2.90. The zero-order valence-electron chi connectivity index (χ0n) is 16.3. The van der Waals surface area contributed by atoms with Crippen molar-refractivity contribution >= 4 is 5.91 Å². The molecule has 3 rings (SSSR count). The van der Waals surface area contributed by atoms with Crippen molar-refractivity contribution in [1.82, 2.24) is 15.3 Å². The number of benzene rings is 2. The molecule has 0 unspecified atom stereocenters. The first-order valence-corrected chi connectivity index (χ1v) is 9.52. The molecule has 1 amide bonds. The summed E-state index contributed by atoms with van der Waals surface area (Å²) in [5.41, 5.74) is 6.80. The molecule has 2 aromatic carbocycles. The zero-order valence-corrected chi connectivity index (χ0v) is 16.3. The van der Waals surface area contributed by atoms with Gasteiger partial charge >= 0.3 is 0 Å². The predicted octanol–water partition coefficient (Wildman–Crippen LogP) is 4.35. The first-order chi connectivity index (χ1) is 13.0. The standard InChI is InChI=1S/C23H27N3O/c1-4-13-24-23(27)22-25-20(14-18-9-5-16(2)6-10-18)21(26-22)15-19-11-7-17(3)8-12-19/h5-12H,4,13-15H2,1-3H3,(H,24,27)(H,25,26). The topological polar surface area (TPSA) is 57.8 Å². The third-order valence-corrected chi connectivity index (χ3v) is 4.61. The summed E-state index contributed by atoms with van der Waals surface area (Å²) >= 11 is 0. The molecule has 2 N–H and O–H groups in total. The first-order valence-electron chi connectivity index (χ1n) is 9.52. The van der Waals surface area contributed by atoms with Gasteiger partial charge in [-0.1, -0.05) is 66.6 Å². The molecule has 27 heavy (non-hydrogen) atoms. The van der Waals surface area contributed by atoms with Crippen LogP contribution in [0.25, 0.3) is 0 Å². The minimum atomic E-state index is -0.142. The number of rotatable bonds is 7. The number of carbonyl (C=O) groups is 1. The van der Waals surface area contributed by atoms with Gasteiger partial charge in [0.15, 0.2) is 5.82 Å². The molecule has 0 aliphatic heterocycles. The number of imidazole rings is 1. The van der Waals surface area contributed by atoms with Gasteiger partial charge < -0.3 is 10.3 Å². The molecule has 3 aromatic rings. The van der Waals surface area contributed by atoms with Crippen LogP contribution in [0.15, 0.2) is 48.5 Å². The van der Waals surface area contributed by atoms with Gasteiger partial charge in [-0.05, 0) is 31.4 Å². The fourth-order valence-electron chi connectivity index (χ4n) is 2.98. The molecule has 0 spiro atoms. The lowest BCUT2D eigenvalue weighted by Gasteiger charge is -2.05. The molecule has 0 fully saturated rings. The van der Waals surface area contributed by atoms with E-state index in [-0.39, 0.29) is 5.91 Å². The molecule has 1 heterocycles. The Labute approximate surface area is 161 Å². The second-order valence-corrected chi connectivity index (χ2v) is 7.09. The molecule has 0 bridgehead atoms. The summed E-state index contributed by atoms with van der Waals surface area (Å²) in [6, 6.07) is 16.9. The van der Waals surface area contributed by atoms with Gasteiger partial charge in [0.05, 0.1) is 5.69 Å². The van der Waals surface area contributed by atoms with E-state index in [0.29, 0.717) is 18.8 Å². The Kier molecular flexibility index (Phi) is 6.07. The number of aromatic amines is 1. The lowest BCUT2D eigenvalue weighted by molar-refractivity contribution is 0.0944. The summed E-state index contributed by atoms with van der Waals surface area (Å²) in [6.07, 6.45) is 2.34. The number of H-pyrrole nitrogens is 1. The predicted molar refractivity (Wildman–Crippen MR) is 109 cm³/mol. The maximum absolute atomic E-state index is 12.4. The van der Waals surface area contributed by atoms with E-state index in [0.717, 1.165) is 24.2 Å². The van der Waals surface area contributed by atoms with E-state index in [9.17, 15) is 4.79 Å². The van der Waals surface area contributed by atoms with Crippen molar-refractivity contribution in [3.8, 4) is 0 Å². The molecule has 4 heteroatoms. The van der Waals surface area contributed by atoms with Gasteiger partial charge in [-0.3, -0.25) is 4.79 Å². The molecule has 0 saturated carbocycles. The van der Waals surface area contributed by atoms with Crippen LogP contribution in [0.3, 0.4) is 0 Å². The highest BCUT2D eigenvalue weighted by Gasteiger charge is 2.16. The number of aromatic nitrogens is 2. The van der Waals surface area contributed by atoms with E-state index >= 15 is 0 Å². The maximum Gasteiger partial charge on any atom is 0.287 e. The third kappa shape index (κ3) is 5.07. The SMILES string of the molecule is CCCNC(=O)c1nc(Cc2ccc(C)cc2)c(Cc2ccc(C)cc2)[nH]1. The third-order valence-electron chi connectivity index (χ3n) is 4.61. The zero-order chi connectivity index (χ0) is 19.2. The van der Waals surface area contributed by atoms with Gasteiger partial charge in [-0.15, -0.1) is 0 Å². The molecule has 0 atom stereocenters. The van der Waals surface area contributed by atoms with Crippen molar-refractivity contribution in [1.29, 1.82) is 0 Å². The highest BCUT2D eigenvalue weighted by molar-refractivity contribution is 5.90. The number of hydrogen-bond donors (Lipinski definition) is 2. The summed E-state index contributed by atoms with van der Waals surface area (Å²) in [5.74, 6) is 0.254.